The predicted octanol–water partition coefficient (Wildman–Crippen LogP) is 5.24. The minimum atomic E-state index is -4.62. The van der Waals surface area contributed by atoms with E-state index in [1.54, 1.807) is 31.2 Å². The number of anilines is 1. The minimum absolute atomic E-state index is 0.0377. The van der Waals surface area contributed by atoms with Gasteiger partial charge in [-0.3, -0.25) is 4.72 Å². The molecule has 0 fully saturated rings. The Morgan fingerprint density at radius 3 is 2.39 bits per heavy atom. The molecular formula is C19H13ClF3NO3S. The highest BCUT2D eigenvalue weighted by atomic mass is 35.5. The standard InChI is InChI=1S/C19H13ClF3NO3S/c1-10-3-2-4-11(5-10)13-8-17(16(23)9-15(13)22)24-28(26,27)18-7-12(21)6-14(20)19(18)25/h2-9,24-25H,1H3. The van der Waals surface area contributed by atoms with Crippen molar-refractivity contribution in [2.75, 3.05) is 4.72 Å². The predicted molar refractivity (Wildman–Crippen MR) is 100 cm³/mol. The number of halogens is 4. The zero-order valence-electron chi connectivity index (χ0n) is 14.3. The Hall–Kier alpha value is -2.71. The number of aromatic hydroxyl groups is 1. The lowest BCUT2D eigenvalue weighted by atomic mass is 10.0. The molecule has 3 rings (SSSR count). The van der Waals surface area contributed by atoms with Crippen molar-refractivity contribution >= 4 is 27.3 Å². The third-order valence-corrected chi connectivity index (χ3v) is 5.58. The maximum atomic E-state index is 14.2. The second kappa shape index (κ2) is 7.37. The number of phenols is 1. The van der Waals surface area contributed by atoms with Crippen molar-refractivity contribution < 1.29 is 26.7 Å². The van der Waals surface area contributed by atoms with Gasteiger partial charge in [0.25, 0.3) is 10.0 Å². The number of aryl methyl sites for hydroxylation is 1. The van der Waals surface area contributed by atoms with Gasteiger partial charge in [-0.05, 0) is 30.7 Å². The summed E-state index contributed by atoms with van der Waals surface area (Å²) in [6, 6.07) is 9.46. The summed E-state index contributed by atoms with van der Waals surface area (Å²) in [5, 5.41) is 9.31. The second-order valence-electron chi connectivity index (χ2n) is 6.02. The maximum absolute atomic E-state index is 14.2. The number of sulfonamides is 1. The molecule has 0 bridgehead atoms. The zero-order valence-corrected chi connectivity index (χ0v) is 15.9. The van der Waals surface area contributed by atoms with Crippen LogP contribution in [0, 0.1) is 24.4 Å². The Morgan fingerprint density at radius 2 is 1.71 bits per heavy atom. The Balaban J connectivity index is 2.09. The molecule has 9 heteroatoms. The van der Waals surface area contributed by atoms with E-state index in [0.717, 1.165) is 17.7 Å². The van der Waals surface area contributed by atoms with Gasteiger partial charge in [0.1, 0.15) is 22.3 Å². The number of rotatable bonds is 4. The van der Waals surface area contributed by atoms with Gasteiger partial charge in [-0.15, -0.1) is 0 Å². The van der Waals surface area contributed by atoms with E-state index in [1.807, 2.05) is 4.72 Å². The highest BCUT2D eigenvalue weighted by Crippen LogP contribution is 2.34. The van der Waals surface area contributed by atoms with Crippen LogP contribution in [0.4, 0.5) is 18.9 Å². The first-order valence-corrected chi connectivity index (χ1v) is 9.71. The van der Waals surface area contributed by atoms with Crippen LogP contribution in [0.25, 0.3) is 11.1 Å². The molecule has 2 N–H and O–H groups in total. The highest BCUT2D eigenvalue weighted by Gasteiger charge is 2.24. The van der Waals surface area contributed by atoms with Crippen LogP contribution in [0.5, 0.6) is 5.75 Å². The molecule has 0 unspecified atom stereocenters. The Kier molecular flexibility index (Phi) is 5.27. The molecule has 0 radical (unpaired) electrons. The van der Waals surface area contributed by atoms with E-state index in [2.05, 4.69) is 0 Å². The Labute approximate surface area is 164 Å². The summed E-state index contributed by atoms with van der Waals surface area (Å²) in [7, 11) is -4.62. The third-order valence-electron chi connectivity index (χ3n) is 3.91. The summed E-state index contributed by atoms with van der Waals surface area (Å²) in [5.74, 6) is -3.97. The van der Waals surface area contributed by atoms with E-state index in [-0.39, 0.29) is 5.56 Å². The normalized spacial score (nSPS) is 11.5. The summed E-state index contributed by atoms with van der Waals surface area (Å²) in [6.45, 7) is 1.78. The first kappa shape index (κ1) is 20.0. The Morgan fingerprint density at radius 1 is 1.00 bits per heavy atom. The lowest BCUT2D eigenvalue weighted by molar-refractivity contribution is 0.456. The van der Waals surface area contributed by atoms with Gasteiger partial charge < -0.3 is 5.11 Å². The van der Waals surface area contributed by atoms with Crippen molar-refractivity contribution in [1.82, 2.24) is 0 Å². The highest BCUT2D eigenvalue weighted by molar-refractivity contribution is 7.92. The molecule has 0 amide bonds. The molecule has 0 atom stereocenters. The molecule has 0 heterocycles. The maximum Gasteiger partial charge on any atom is 0.265 e. The smallest absolute Gasteiger partial charge is 0.265 e. The summed E-state index contributed by atoms with van der Waals surface area (Å²) in [4.78, 5) is -0.877. The fourth-order valence-electron chi connectivity index (χ4n) is 2.61. The van der Waals surface area contributed by atoms with E-state index < -0.39 is 48.8 Å². The van der Waals surface area contributed by atoms with Crippen LogP contribution in [-0.4, -0.2) is 13.5 Å². The van der Waals surface area contributed by atoms with E-state index in [1.165, 1.54) is 0 Å². The monoisotopic (exact) mass is 427 g/mol. The molecule has 0 spiro atoms. The largest absolute Gasteiger partial charge is 0.505 e. The van der Waals surface area contributed by atoms with Gasteiger partial charge in [-0.1, -0.05) is 41.4 Å². The fraction of sp³-hybridized carbons (Fsp3) is 0.0526. The number of hydrogen-bond donors (Lipinski definition) is 2. The molecule has 3 aromatic carbocycles. The molecule has 4 nitrogen and oxygen atoms in total. The van der Waals surface area contributed by atoms with Crippen molar-refractivity contribution in [2.24, 2.45) is 0 Å². The zero-order chi connectivity index (χ0) is 20.6. The summed E-state index contributed by atoms with van der Waals surface area (Å²) in [6.07, 6.45) is 0. The van der Waals surface area contributed by atoms with Crippen LogP contribution < -0.4 is 4.72 Å². The van der Waals surface area contributed by atoms with Crippen molar-refractivity contribution in [1.29, 1.82) is 0 Å². The molecule has 0 aromatic heterocycles. The van der Waals surface area contributed by atoms with Crippen molar-refractivity contribution in [2.45, 2.75) is 11.8 Å². The lowest BCUT2D eigenvalue weighted by Gasteiger charge is -2.13. The van der Waals surface area contributed by atoms with Crippen molar-refractivity contribution in [3.63, 3.8) is 0 Å². The third kappa shape index (κ3) is 3.93. The van der Waals surface area contributed by atoms with Gasteiger partial charge in [0.15, 0.2) is 5.75 Å². The summed E-state index contributed by atoms with van der Waals surface area (Å²) in [5.41, 5.74) is 0.624. The van der Waals surface area contributed by atoms with E-state index in [4.69, 9.17) is 11.6 Å². The van der Waals surface area contributed by atoms with Crippen LogP contribution in [0.15, 0.2) is 53.4 Å². The van der Waals surface area contributed by atoms with Crippen LogP contribution >= 0.6 is 11.6 Å². The van der Waals surface area contributed by atoms with Gasteiger partial charge in [0.2, 0.25) is 0 Å². The number of hydrogen-bond acceptors (Lipinski definition) is 3. The average molecular weight is 428 g/mol. The number of nitrogens with one attached hydrogen (secondary N) is 1. The molecule has 0 saturated heterocycles. The SMILES string of the molecule is Cc1cccc(-c2cc(NS(=O)(=O)c3cc(F)cc(Cl)c3O)c(F)cc2F)c1. The fourth-order valence-corrected chi connectivity index (χ4v) is 4.06. The van der Waals surface area contributed by atoms with Crippen LogP contribution in [-0.2, 0) is 10.0 Å². The average Bonchev–Trinajstić information content (AvgIpc) is 2.60. The molecule has 0 aliphatic heterocycles. The quantitative estimate of drug-likeness (QED) is 0.598. The minimum Gasteiger partial charge on any atom is -0.505 e. The van der Waals surface area contributed by atoms with Gasteiger partial charge in [0.05, 0.1) is 10.7 Å². The van der Waals surface area contributed by atoms with Gasteiger partial charge in [-0.25, -0.2) is 21.6 Å². The van der Waals surface area contributed by atoms with Crippen LogP contribution in [0.3, 0.4) is 0 Å². The first-order chi connectivity index (χ1) is 13.1. The van der Waals surface area contributed by atoms with Gasteiger partial charge in [0, 0.05) is 11.6 Å². The molecule has 0 aliphatic carbocycles. The number of benzene rings is 3. The van der Waals surface area contributed by atoms with Crippen molar-refractivity contribution in [3.8, 4) is 16.9 Å². The van der Waals surface area contributed by atoms with Crippen LogP contribution in [0.2, 0.25) is 5.02 Å². The van der Waals surface area contributed by atoms with E-state index >= 15 is 0 Å². The Bertz CT molecular complexity index is 1180. The van der Waals surface area contributed by atoms with E-state index in [0.29, 0.717) is 17.7 Å². The van der Waals surface area contributed by atoms with E-state index in [9.17, 15) is 26.7 Å². The second-order valence-corrected chi connectivity index (χ2v) is 8.08. The topological polar surface area (TPSA) is 66.4 Å². The summed E-state index contributed by atoms with van der Waals surface area (Å²) < 4.78 is 68.9. The first-order valence-electron chi connectivity index (χ1n) is 7.85. The van der Waals surface area contributed by atoms with Crippen LogP contribution in [0.1, 0.15) is 5.56 Å². The summed E-state index contributed by atoms with van der Waals surface area (Å²) >= 11 is 5.59. The molecule has 0 aliphatic rings. The molecule has 0 saturated carbocycles. The number of phenolic OH excluding ortho intramolecular Hbond substituents is 1. The van der Waals surface area contributed by atoms with Gasteiger partial charge in [-0.2, -0.15) is 0 Å². The van der Waals surface area contributed by atoms with Crippen molar-refractivity contribution in [3.05, 3.63) is 76.6 Å². The molecule has 3 aromatic rings. The molecule has 28 heavy (non-hydrogen) atoms. The lowest BCUT2D eigenvalue weighted by Crippen LogP contribution is -2.15. The molecular weight excluding hydrogens is 415 g/mol. The molecule has 146 valence electrons. The van der Waals surface area contributed by atoms with Gasteiger partial charge >= 0.3 is 0 Å².